The molecule has 1 unspecified atom stereocenters. The Balaban J connectivity index is 2.42. The van der Waals surface area contributed by atoms with Gasteiger partial charge in [0.15, 0.2) is 0 Å². The maximum absolute atomic E-state index is 6.12. The van der Waals surface area contributed by atoms with Crippen LogP contribution in [0.5, 0.6) is 0 Å². The summed E-state index contributed by atoms with van der Waals surface area (Å²) in [4.78, 5) is 2.78. The van der Waals surface area contributed by atoms with E-state index in [2.05, 4.69) is 25.7 Å². The van der Waals surface area contributed by atoms with Crippen molar-refractivity contribution in [2.75, 3.05) is 13.1 Å². The monoisotopic (exact) mass is 282 g/mol. The Morgan fingerprint density at radius 3 is 2.25 bits per heavy atom. The summed E-state index contributed by atoms with van der Waals surface area (Å²) < 4.78 is 0. The van der Waals surface area contributed by atoms with E-state index in [4.69, 9.17) is 5.73 Å². The lowest BCUT2D eigenvalue weighted by atomic mass is 10.0. The minimum Gasteiger partial charge on any atom is -0.329 e. The van der Waals surface area contributed by atoms with Crippen molar-refractivity contribution in [3.8, 4) is 0 Å². The molecule has 1 saturated carbocycles. The van der Waals surface area contributed by atoms with Gasteiger partial charge in [-0.1, -0.05) is 65.7 Å². The molecule has 1 aliphatic carbocycles. The van der Waals surface area contributed by atoms with Gasteiger partial charge in [-0.15, -0.1) is 0 Å². The molecule has 2 N–H and O–H groups in total. The molecule has 1 aliphatic rings. The molecule has 1 atom stereocenters. The maximum Gasteiger partial charge on any atom is 0.0221 e. The average molecular weight is 283 g/mol. The van der Waals surface area contributed by atoms with E-state index in [0.29, 0.717) is 6.04 Å². The van der Waals surface area contributed by atoms with E-state index >= 15 is 0 Å². The van der Waals surface area contributed by atoms with Crippen molar-refractivity contribution in [2.24, 2.45) is 11.7 Å². The van der Waals surface area contributed by atoms with Crippen molar-refractivity contribution in [1.82, 2.24) is 4.90 Å². The molecular weight excluding hydrogens is 244 g/mol. The highest BCUT2D eigenvalue weighted by Crippen LogP contribution is 2.27. The maximum atomic E-state index is 6.12. The Morgan fingerprint density at radius 2 is 1.70 bits per heavy atom. The van der Waals surface area contributed by atoms with Crippen molar-refractivity contribution in [3.63, 3.8) is 0 Å². The van der Waals surface area contributed by atoms with Gasteiger partial charge >= 0.3 is 0 Å². The molecule has 0 aromatic carbocycles. The second-order valence-electron chi connectivity index (χ2n) is 7.12. The number of nitrogens with two attached hydrogens (primary N) is 1. The van der Waals surface area contributed by atoms with Gasteiger partial charge in [0.1, 0.15) is 0 Å². The minimum absolute atomic E-state index is 0.627. The third kappa shape index (κ3) is 6.58. The zero-order valence-electron chi connectivity index (χ0n) is 14.2. The molecule has 0 aromatic heterocycles. The zero-order chi connectivity index (χ0) is 14.8. The molecule has 2 nitrogen and oxygen atoms in total. The Bertz CT molecular complexity index is 221. The van der Waals surface area contributed by atoms with Gasteiger partial charge < -0.3 is 5.73 Å². The summed E-state index contributed by atoms with van der Waals surface area (Å²) >= 11 is 0. The van der Waals surface area contributed by atoms with Crippen molar-refractivity contribution in [2.45, 2.75) is 97.1 Å². The van der Waals surface area contributed by atoms with Crippen molar-refractivity contribution < 1.29 is 0 Å². The fraction of sp³-hybridized carbons (Fsp3) is 1.00. The quantitative estimate of drug-likeness (QED) is 0.562. The van der Waals surface area contributed by atoms with Gasteiger partial charge in [0.05, 0.1) is 0 Å². The molecule has 2 heteroatoms. The van der Waals surface area contributed by atoms with Crippen LogP contribution in [-0.2, 0) is 0 Å². The standard InChI is InChI=1S/C18H38N2/c1-4-5-6-7-8-13-18(14-19)20(15-16(2)3)17-11-9-10-12-17/h16-18H,4-15,19H2,1-3H3. The Morgan fingerprint density at radius 1 is 1.05 bits per heavy atom. The van der Waals surface area contributed by atoms with Crippen LogP contribution in [0.15, 0.2) is 0 Å². The SMILES string of the molecule is CCCCCCCC(CN)N(CC(C)C)C1CCCC1. The highest BCUT2D eigenvalue weighted by molar-refractivity contribution is 4.84. The van der Waals surface area contributed by atoms with E-state index in [1.807, 2.05) is 0 Å². The third-order valence-electron chi connectivity index (χ3n) is 4.75. The second-order valence-corrected chi connectivity index (χ2v) is 7.12. The first-order valence-corrected chi connectivity index (χ1v) is 9.14. The molecule has 0 aliphatic heterocycles. The first-order valence-electron chi connectivity index (χ1n) is 9.14. The first kappa shape index (κ1) is 18.0. The number of hydrogen-bond acceptors (Lipinski definition) is 2. The van der Waals surface area contributed by atoms with Crippen molar-refractivity contribution in [1.29, 1.82) is 0 Å². The van der Waals surface area contributed by atoms with E-state index in [9.17, 15) is 0 Å². The number of nitrogens with zero attached hydrogens (tertiary/aromatic N) is 1. The highest BCUT2D eigenvalue weighted by Gasteiger charge is 2.28. The van der Waals surface area contributed by atoms with Gasteiger partial charge in [-0.3, -0.25) is 4.90 Å². The summed E-state index contributed by atoms with van der Waals surface area (Å²) in [5.41, 5.74) is 6.12. The molecule has 0 bridgehead atoms. The van der Waals surface area contributed by atoms with Crippen LogP contribution in [0.25, 0.3) is 0 Å². The zero-order valence-corrected chi connectivity index (χ0v) is 14.2. The summed E-state index contributed by atoms with van der Waals surface area (Å²) in [7, 11) is 0. The summed E-state index contributed by atoms with van der Waals surface area (Å²) in [5.74, 6) is 0.754. The van der Waals surface area contributed by atoms with Gasteiger partial charge in [-0.2, -0.15) is 0 Å². The fourth-order valence-electron chi connectivity index (χ4n) is 3.66. The summed E-state index contributed by atoms with van der Waals surface area (Å²) in [6, 6.07) is 1.45. The van der Waals surface area contributed by atoms with Gasteiger partial charge in [0.2, 0.25) is 0 Å². The Hall–Kier alpha value is -0.0800. The molecular formula is C18H38N2. The summed E-state index contributed by atoms with van der Waals surface area (Å²) in [6.07, 6.45) is 13.9. The molecule has 120 valence electrons. The molecule has 0 aromatic rings. The second kappa shape index (κ2) is 10.6. The fourth-order valence-corrected chi connectivity index (χ4v) is 3.66. The third-order valence-corrected chi connectivity index (χ3v) is 4.75. The van der Waals surface area contributed by atoms with E-state index in [0.717, 1.165) is 18.5 Å². The Labute approximate surface area is 127 Å². The molecule has 0 spiro atoms. The van der Waals surface area contributed by atoms with Crippen LogP contribution in [0.1, 0.15) is 85.0 Å². The van der Waals surface area contributed by atoms with Crippen LogP contribution in [0.3, 0.4) is 0 Å². The van der Waals surface area contributed by atoms with Crippen molar-refractivity contribution >= 4 is 0 Å². The molecule has 0 amide bonds. The number of unbranched alkanes of at least 4 members (excludes halogenated alkanes) is 4. The first-order chi connectivity index (χ1) is 9.69. The Kier molecular flexibility index (Phi) is 9.54. The van der Waals surface area contributed by atoms with Crippen LogP contribution in [0, 0.1) is 5.92 Å². The molecule has 1 rings (SSSR count). The van der Waals surface area contributed by atoms with Crippen LogP contribution in [0.2, 0.25) is 0 Å². The highest BCUT2D eigenvalue weighted by atomic mass is 15.2. The van der Waals surface area contributed by atoms with Gasteiger partial charge in [-0.05, 0) is 25.2 Å². The predicted molar refractivity (Wildman–Crippen MR) is 90.0 cm³/mol. The number of hydrogen-bond donors (Lipinski definition) is 1. The molecule has 20 heavy (non-hydrogen) atoms. The normalized spacial score (nSPS) is 18.3. The van der Waals surface area contributed by atoms with Crippen molar-refractivity contribution in [3.05, 3.63) is 0 Å². The van der Waals surface area contributed by atoms with E-state index in [1.165, 1.54) is 70.8 Å². The topological polar surface area (TPSA) is 29.3 Å². The van der Waals surface area contributed by atoms with Gasteiger partial charge in [-0.25, -0.2) is 0 Å². The predicted octanol–water partition coefficient (Wildman–Crippen LogP) is 4.57. The van der Waals surface area contributed by atoms with Gasteiger partial charge in [0, 0.05) is 25.2 Å². The van der Waals surface area contributed by atoms with E-state index < -0.39 is 0 Å². The largest absolute Gasteiger partial charge is 0.329 e. The van der Waals surface area contributed by atoms with Crippen LogP contribution < -0.4 is 5.73 Å². The minimum atomic E-state index is 0.627. The summed E-state index contributed by atoms with van der Waals surface area (Å²) in [6.45, 7) is 9.05. The van der Waals surface area contributed by atoms with E-state index in [1.54, 1.807) is 0 Å². The van der Waals surface area contributed by atoms with Crippen LogP contribution in [-0.4, -0.2) is 30.1 Å². The smallest absolute Gasteiger partial charge is 0.0221 e. The van der Waals surface area contributed by atoms with Gasteiger partial charge in [0.25, 0.3) is 0 Å². The lowest BCUT2D eigenvalue weighted by Gasteiger charge is -2.37. The van der Waals surface area contributed by atoms with Crippen LogP contribution >= 0.6 is 0 Å². The molecule has 1 fully saturated rings. The number of rotatable bonds is 11. The average Bonchev–Trinajstić information content (AvgIpc) is 2.94. The summed E-state index contributed by atoms with van der Waals surface area (Å²) in [5, 5.41) is 0. The molecule has 0 radical (unpaired) electrons. The van der Waals surface area contributed by atoms with E-state index in [-0.39, 0.29) is 0 Å². The lowest BCUT2D eigenvalue weighted by Crippen LogP contribution is -2.47. The molecule has 0 heterocycles. The molecule has 0 saturated heterocycles. The lowest BCUT2D eigenvalue weighted by molar-refractivity contribution is 0.113. The van der Waals surface area contributed by atoms with Crippen LogP contribution in [0.4, 0.5) is 0 Å².